The van der Waals surface area contributed by atoms with Gasteiger partial charge in [0.25, 0.3) is 0 Å². The normalized spacial score (nSPS) is 16.5. The number of aryl methyl sites for hydroxylation is 1. The molecule has 1 aliphatic carbocycles. The maximum atomic E-state index is 12.2. The van der Waals surface area contributed by atoms with E-state index in [2.05, 4.69) is 4.72 Å². The first-order chi connectivity index (χ1) is 10.0. The van der Waals surface area contributed by atoms with Crippen LogP contribution in [0.1, 0.15) is 49.7 Å². The second kappa shape index (κ2) is 7.38. The van der Waals surface area contributed by atoms with Crippen molar-refractivity contribution in [3.05, 3.63) is 29.3 Å². The molecule has 1 aromatic carbocycles. The van der Waals surface area contributed by atoms with Crippen LogP contribution in [-0.2, 0) is 16.6 Å². The van der Waals surface area contributed by atoms with E-state index in [1.165, 1.54) is 25.7 Å². The van der Waals surface area contributed by atoms with Gasteiger partial charge in [-0.05, 0) is 48.9 Å². The maximum Gasteiger partial charge on any atom is 0.240 e. The molecule has 5 heteroatoms. The average molecular weight is 310 g/mol. The van der Waals surface area contributed by atoms with Crippen molar-refractivity contribution in [2.45, 2.75) is 56.9 Å². The fourth-order valence-corrected chi connectivity index (χ4v) is 4.20. The Morgan fingerprint density at radius 1 is 1.29 bits per heavy atom. The lowest BCUT2D eigenvalue weighted by atomic mass is 10.0. The molecule has 1 fully saturated rings. The Balaban J connectivity index is 1.87. The minimum Gasteiger partial charge on any atom is -0.326 e. The standard InChI is InChI=1S/C16H26N2O2S/c1-13-11-16(9-8-15(13)12-17)21(19,20)18-10-4-7-14-5-2-3-6-14/h8-9,11,14,18H,2-7,10,12,17H2,1H3. The van der Waals surface area contributed by atoms with E-state index in [0.717, 1.165) is 29.9 Å². The van der Waals surface area contributed by atoms with Gasteiger partial charge in [0.2, 0.25) is 10.0 Å². The summed E-state index contributed by atoms with van der Waals surface area (Å²) in [4.78, 5) is 0.332. The van der Waals surface area contributed by atoms with Crippen molar-refractivity contribution in [1.82, 2.24) is 4.72 Å². The number of nitrogens with one attached hydrogen (secondary N) is 1. The van der Waals surface area contributed by atoms with Gasteiger partial charge in [0.15, 0.2) is 0 Å². The number of hydrogen-bond acceptors (Lipinski definition) is 3. The molecule has 0 atom stereocenters. The van der Waals surface area contributed by atoms with Gasteiger partial charge >= 0.3 is 0 Å². The summed E-state index contributed by atoms with van der Waals surface area (Å²) in [5.74, 6) is 0.806. The van der Waals surface area contributed by atoms with E-state index < -0.39 is 10.0 Å². The van der Waals surface area contributed by atoms with Gasteiger partial charge in [-0.15, -0.1) is 0 Å². The zero-order valence-electron chi connectivity index (χ0n) is 12.8. The molecule has 0 aliphatic heterocycles. The van der Waals surface area contributed by atoms with Crippen molar-refractivity contribution in [1.29, 1.82) is 0 Å². The van der Waals surface area contributed by atoms with Crippen LogP contribution < -0.4 is 10.5 Å². The molecule has 0 aromatic heterocycles. The Morgan fingerprint density at radius 2 is 2.00 bits per heavy atom. The van der Waals surface area contributed by atoms with E-state index in [1.807, 2.05) is 6.92 Å². The lowest BCUT2D eigenvalue weighted by molar-refractivity contribution is 0.480. The van der Waals surface area contributed by atoms with Crippen molar-refractivity contribution in [2.75, 3.05) is 6.54 Å². The topological polar surface area (TPSA) is 72.2 Å². The van der Waals surface area contributed by atoms with Gasteiger partial charge in [-0.25, -0.2) is 13.1 Å². The number of benzene rings is 1. The Labute approximate surface area is 128 Å². The van der Waals surface area contributed by atoms with E-state index in [1.54, 1.807) is 18.2 Å². The molecule has 0 radical (unpaired) electrons. The molecule has 0 bridgehead atoms. The van der Waals surface area contributed by atoms with Crippen LogP contribution in [0.15, 0.2) is 23.1 Å². The van der Waals surface area contributed by atoms with Crippen molar-refractivity contribution < 1.29 is 8.42 Å². The molecule has 2 rings (SSSR count). The summed E-state index contributed by atoms with van der Waals surface area (Å²) in [7, 11) is -3.39. The highest BCUT2D eigenvalue weighted by Gasteiger charge is 2.16. The molecule has 118 valence electrons. The van der Waals surface area contributed by atoms with Crippen LogP contribution in [0, 0.1) is 12.8 Å². The van der Waals surface area contributed by atoms with Crippen LogP contribution in [0.25, 0.3) is 0 Å². The van der Waals surface area contributed by atoms with Crippen LogP contribution >= 0.6 is 0 Å². The van der Waals surface area contributed by atoms with Gasteiger partial charge < -0.3 is 5.73 Å². The first-order valence-corrected chi connectivity index (χ1v) is 9.30. The summed E-state index contributed by atoms with van der Waals surface area (Å²) in [6.45, 7) is 2.85. The first-order valence-electron chi connectivity index (χ1n) is 7.82. The summed E-state index contributed by atoms with van der Waals surface area (Å²) in [6.07, 6.45) is 7.35. The second-order valence-electron chi connectivity index (χ2n) is 5.98. The molecular formula is C16H26N2O2S. The summed E-state index contributed by atoms with van der Waals surface area (Å²) < 4.78 is 27.2. The minimum absolute atomic E-state index is 0.332. The zero-order chi connectivity index (χ0) is 15.3. The molecule has 1 aliphatic rings. The molecule has 0 amide bonds. The van der Waals surface area contributed by atoms with Crippen LogP contribution in [0.3, 0.4) is 0 Å². The SMILES string of the molecule is Cc1cc(S(=O)(=O)NCCCC2CCCC2)ccc1CN. The summed E-state index contributed by atoms with van der Waals surface area (Å²) in [5.41, 5.74) is 7.51. The highest BCUT2D eigenvalue weighted by molar-refractivity contribution is 7.89. The van der Waals surface area contributed by atoms with Crippen LogP contribution in [0.2, 0.25) is 0 Å². The molecule has 0 unspecified atom stereocenters. The third kappa shape index (κ3) is 4.53. The zero-order valence-corrected chi connectivity index (χ0v) is 13.6. The average Bonchev–Trinajstić information content (AvgIpc) is 2.97. The Morgan fingerprint density at radius 3 is 2.62 bits per heavy atom. The number of hydrogen-bond donors (Lipinski definition) is 2. The monoisotopic (exact) mass is 310 g/mol. The van der Waals surface area contributed by atoms with Crippen molar-refractivity contribution in [3.63, 3.8) is 0 Å². The lowest BCUT2D eigenvalue weighted by Crippen LogP contribution is -2.25. The van der Waals surface area contributed by atoms with E-state index in [9.17, 15) is 8.42 Å². The van der Waals surface area contributed by atoms with Crippen LogP contribution in [-0.4, -0.2) is 15.0 Å². The van der Waals surface area contributed by atoms with Gasteiger partial charge in [0.05, 0.1) is 4.90 Å². The Kier molecular flexibility index (Phi) is 5.79. The molecule has 0 saturated heterocycles. The lowest BCUT2D eigenvalue weighted by Gasteiger charge is -2.11. The maximum absolute atomic E-state index is 12.2. The van der Waals surface area contributed by atoms with Gasteiger partial charge in [-0.3, -0.25) is 0 Å². The van der Waals surface area contributed by atoms with Gasteiger partial charge in [0, 0.05) is 13.1 Å². The fourth-order valence-electron chi connectivity index (χ4n) is 3.04. The number of sulfonamides is 1. The predicted molar refractivity (Wildman–Crippen MR) is 85.5 cm³/mol. The molecule has 21 heavy (non-hydrogen) atoms. The molecule has 4 nitrogen and oxygen atoms in total. The number of rotatable bonds is 7. The molecule has 1 aromatic rings. The third-order valence-electron chi connectivity index (χ3n) is 4.40. The second-order valence-corrected chi connectivity index (χ2v) is 7.75. The summed E-state index contributed by atoms with van der Waals surface area (Å²) in [6, 6.07) is 5.12. The number of nitrogens with two attached hydrogens (primary N) is 1. The minimum atomic E-state index is -3.39. The van der Waals surface area contributed by atoms with Crippen LogP contribution in [0.5, 0.6) is 0 Å². The van der Waals surface area contributed by atoms with E-state index in [-0.39, 0.29) is 0 Å². The molecule has 3 N–H and O–H groups in total. The summed E-state index contributed by atoms with van der Waals surface area (Å²) in [5, 5.41) is 0. The van der Waals surface area contributed by atoms with Crippen LogP contribution in [0.4, 0.5) is 0 Å². The smallest absolute Gasteiger partial charge is 0.240 e. The first kappa shape index (κ1) is 16.5. The van der Waals surface area contributed by atoms with E-state index in [0.29, 0.717) is 18.0 Å². The predicted octanol–water partition coefficient (Wildman–Crippen LogP) is 2.70. The third-order valence-corrected chi connectivity index (χ3v) is 5.86. The van der Waals surface area contributed by atoms with Gasteiger partial charge in [-0.1, -0.05) is 31.7 Å². The highest BCUT2D eigenvalue weighted by Crippen LogP contribution is 2.28. The fraction of sp³-hybridized carbons (Fsp3) is 0.625. The van der Waals surface area contributed by atoms with Crippen molar-refractivity contribution >= 4 is 10.0 Å². The van der Waals surface area contributed by atoms with Gasteiger partial charge in [-0.2, -0.15) is 0 Å². The highest BCUT2D eigenvalue weighted by atomic mass is 32.2. The van der Waals surface area contributed by atoms with Crippen molar-refractivity contribution in [2.24, 2.45) is 11.7 Å². The molecule has 0 spiro atoms. The van der Waals surface area contributed by atoms with E-state index in [4.69, 9.17) is 5.73 Å². The molecule has 1 saturated carbocycles. The summed E-state index contributed by atoms with van der Waals surface area (Å²) >= 11 is 0. The molecular weight excluding hydrogens is 284 g/mol. The Bertz CT molecular complexity index is 564. The largest absolute Gasteiger partial charge is 0.326 e. The quantitative estimate of drug-likeness (QED) is 0.761. The van der Waals surface area contributed by atoms with Gasteiger partial charge in [0.1, 0.15) is 0 Å². The Hall–Kier alpha value is -0.910. The van der Waals surface area contributed by atoms with Crippen molar-refractivity contribution in [3.8, 4) is 0 Å². The van der Waals surface area contributed by atoms with E-state index >= 15 is 0 Å². The molecule has 0 heterocycles.